The van der Waals surface area contributed by atoms with E-state index in [9.17, 15) is 4.79 Å². The van der Waals surface area contributed by atoms with Gasteiger partial charge in [-0.3, -0.25) is 4.79 Å². The highest BCUT2D eigenvalue weighted by atomic mass is 16.5. The van der Waals surface area contributed by atoms with E-state index in [-0.39, 0.29) is 11.8 Å². The fourth-order valence-corrected chi connectivity index (χ4v) is 1.95. The van der Waals surface area contributed by atoms with Crippen LogP contribution in [0.4, 0.5) is 5.69 Å². The first-order valence-electron chi connectivity index (χ1n) is 5.39. The topological polar surface area (TPSA) is 55.6 Å². The summed E-state index contributed by atoms with van der Waals surface area (Å²) in [4.78, 5) is 13.5. The van der Waals surface area contributed by atoms with Crippen LogP contribution in [-0.4, -0.2) is 26.1 Å². The molecule has 4 heteroatoms. The molecular weight excluding hydrogens is 204 g/mol. The molecule has 0 unspecified atom stereocenters. The number of hydrogen-bond acceptors (Lipinski definition) is 3. The second-order valence-corrected chi connectivity index (χ2v) is 4.01. The highest BCUT2D eigenvalue weighted by molar-refractivity contribution is 5.95. The first kappa shape index (κ1) is 11.0. The molecule has 0 saturated carbocycles. The third-order valence-corrected chi connectivity index (χ3v) is 2.92. The predicted octanol–water partition coefficient (Wildman–Crippen LogP) is 1.01. The number of carbonyl (C=O) groups excluding carboxylic acids is 1. The summed E-state index contributed by atoms with van der Waals surface area (Å²) >= 11 is 0. The van der Waals surface area contributed by atoms with E-state index >= 15 is 0 Å². The Kier molecular flexibility index (Phi) is 3.10. The van der Waals surface area contributed by atoms with Crippen LogP contribution in [0.25, 0.3) is 0 Å². The van der Waals surface area contributed by atoms with Crippen LogP contribution in [0.5, 0.6) is 5.75 Å². The van der Waals surface area contributed by atoms with E-state index < -0.39 is 0 Å². The Labute approximate surface area is 95.0 Å². The molecule has 2 N–H and O–H groups in total. The van der Waals surface area contributed by atoms with Crippen LogP contribution >= 0.6 is 0 Å². The summed E-state index contributed by atoms with van der Waals surface area (Å²) < 4.78 is 5.08. The zero-order valence-electron chi connectivity index (χ0n) is 9.35. The molecule has 0 bridgehead atoms. The van der Waals surface area contributed by atoms with Gasteiger partial charge in [-0.25, -0.2) is 0 Å². The number of hydrogen-bond donors (Lipinski definition) is 1. The molecule has 1 atom stereocenters. The third kappa shape index (κ3) is 2.02. The minimum absolute atomic E-state index is 0.153. The molecule has 4 nitrogen and oxygen atoms in total. The SMILES string of the molecule is COc1ccc(N2C[C@H](CN)CC2=O)cc1. The smallest absolute Gasteiger partial charge is 0.227 e. The van der Waals surface area contributed by atoms with Crippen molar-refractivity contribution in [1.82, 2.24) is 0 Å². The quantitative estimate of drug-likeness (QED) is 0.827. The van der Waals surface area contributed by atoms with Crippen molar-refractivity contribution in [1.29, 1.82) is 0 Å². The molecule has 1 aromatic carbocycles. The molecule has 1 aliphatic heterocycles. The van der Waals surface area contributed by atoms with Crippen molar-refractivity contribution in [2.45, 2.75) is 6.42 Å². The summed E-state index contributed by atoms with van der Waals surface area (Å²) in [6, 6.07) is 7.52. The molecular formula is C12H16N2O2. The summed E-state index contributed by atoms with van der Waals surface area (Å²) in [5.74, 6) is 1.24. The number of benzene rings is 1. The van der Waals surface area contributed by atoms with Gasteiger partial charge in [-0.15, -0.1) is 0 Å². The number of nitrogens with zero attached hydrogens (tertiary/aromatic N) is 1. The fourth-order valence-electron chi connectivity index (χ4n) is 1.95. The van der Waals surface area contributed by atoms with Crippen LogP contribution in [0.1, 0.15) is 6.42 Å². The number of nitrogens with two attached hydrogens (primary N) is 1. The molecule has 0 spiro atoms. The molecule has 1 aromatic rings. The van der Waals surface area contributed by atoms with Crippen molar-refractivity contribution in [3.8, 4) is 5.75 Å². The number of rotatable bonds is 3. The van der Waals surface area contributed by atoms with Crippen LogP contribution in [-0.2, 0) is 4.79 Å². The minimum Gasteiger partial charge on any atom is -0.497 e. The van der Waals surface area contributed by atoms with Crippen molar-refractivity contribution < 1.29 is 9.53 Å². The minimum atomic E-state index is 0.153. The van der Waals surface area contributed by atoms with Crippen LogP contribution in [0.3, 0.4) is 0 Å². The highest BCUT2D eigenvalue weighted by Gasteiger charge is 2.29. The third-order valence-electron chi connectivity index (χ3n) is 2.92. The lowest BCUT2D eigenvalue weighted by Crippen LogP contribution is -2.25. The Bertz CT molecular complexity index is 375. The molecule has 1 fully saturated rings. The Morgan fingerprint density at radius 2 is 2.12 bits per heavy atom. The van der Waals surface area contributed by atoms with Gasteiger partial charge in [0.15, 0.2) is 0 Å². The Morgan fingerprint density at radius 3 is 2.62 bits per heavy atom. The summed E-state index contributed by atoms with van der Waals surface area (Å²) in [6.07, 6.45) is 0.558. The summed E-state index contributed by atoms with van der Waals surface area (Å²) in [5.41, 5.74) is 6.50. The maximum atomic E-state index is 11.7. The first-order valence-corrected chi connectivity index (χ1v) is 5.39. The van der Waals surface area contributed by atoms with Crippen LogP contribution in [0, 0.1) is 5.92 Å². The number of carbonyl (C=O) groups is 1. The predicted molar refractivity (Wildman–Crippen MR) is 62.5 cm³/mol. The molecule has 1 amide bonds. The first-order chi connectivity index (χ1) is 7.74. The maximum absolute atomic E-state index is 11.7. The zero-order valence-corrected chi connectivity index (χ0v) is 9.35. The molecule has 2 rings (SSSR count). The largest absolute Gasteiger partial charge is 0.497 e. The fraction of sp³-hybridized carbons (Fsp3) is 0.417. The standard InChI is InChI=1S/C12H16N2O2/c1-16-11-4-2-10(3-5-11)14-8-9(7-13)6-12(14)15/h2-5,9H,6-8,13H2,1H3/t9-/m0/s1. The van der Waals surface area contributed by atoms with Gasteiger partial charge >= 0.3 is 0 Å². The van der Waals surface area contributed by atoms with E-state index in [1.54, 1.807) is 12.0 Å². The summed E-state index contributed by atoms with van der Waals surface area (Å²) in [7, 11) is 1.63. The van der Waals surface area contributed by atoms with Crippen LogP contribution < -0.4 is 15.4 Å². The second kappa shape index (κ2) is 4.53. The molecule has 86 valence electrons. The molecule has 1 saturated heterocycles. The van der Waals surface area contributed by atoms with E-state index in [0.717, 1.165) is 18.0 Å². The number of methoxy groups -OCH3 is 1. The molecule has 16 heavy (non-hydrogen) atoms. The molecule has 0 radical (unpaired) electrons. The van der Waals surface area contributed by atoms with Gasteiger partial charge in [-0.2, -0.15) is 0 Å². The number of ether oxygens (including phenoxy) is 1. The van der Waals surface area contributed by atoms with Crippen molar-refractivity contribution in [2.75, 3.05) is 25.1 Å². The van der Waals surface area contributed by atoms with Crippen molar-refractivity contribution >= 4 is 11.6 Å². The van der Waals surface area contributed by atoms with E-state index in [4.69, 9.17) is 10.5 Å². The average Bonchev–Trinajstić information content (AvgIpc) is 2.71. The Morgan fingerprint density at radius 1 is 1.44 bits per heavy atom. The number of amides is 1. The van der Waals surface area contributed by atoms with Gasteiger partial charge in [0.1, 0.15) is 5.75 Å². The second-order valence-electron chi connectivity index (χ2n) is 4.01. The molecule has 1 aliphatic rings. The highest BCUT2D eigenvalue weighted by Crippen LogP contribution is 2.26. The molecule has 0 aliphatic carbocycles. The number of anilines is 1. The Balaban J connectivity index is 2.15. The molecule has 1 heterocycles. The van der Waals surface area contributed by atoms with Gasteiger partial charge in [-0.1, -0.05) is 0 Å². The van der Waals surface area contributed by atoms with Crippen molar-refractivity contribution in [3.63, 3.8) is 0 Å². The summed E-state index contributed by atoms with van der Waals surface area (Å²) in [5, 5.41) is 0. The normalized spacial score (nSPS) is 20.2. The van der Waals surface area contributed by atoms with Crippen molar-refractivity contribution in [3.05, 3.63) is 24.3 Å². The lowest BCUT2D eigenvalue weighted by molar-refractivity contribution is -0.117. The van der Waals surface area contributed by atoms with Gasteiger partial charge in [0, 0.05) is 18.7 Å². The molecule has 0 aromatic heterocycles. The van der Waals surface area contributed by atoms with Gasteiger partial charge in [0.25, 0.3) is 0 Å². The van der Waals surface area contributed by atoms with Gasteiger partial charge in [0.05, 0.1) is 7.11 Å². The lowest BCUT2D eigenvalue weighted by atomic mass is 10.1. The van der Waals surface area contributed by atoms with Crippen LogP contribution in [0.15, 0.2) is 24.3 Å². The zero-order chi connectivity index (χ0) is 11.5. The van der Waals surface area contributed by atoms with E-state index in [1.807, 2.05) is 24.3 Å². The lowest BCUT2D eigenvalue weighted by Gasteiger charge is -2.16. The Hall–Kier alpha value is -1.55. The monoisotopic (exact) mass is 220 g/mol. The van der Waals surface area contributed by atoms with Crippen LogP contribution in [0.2, 0.25) is 0 Å². The van der Waals surface area contributed by atoms with Gasteiger partial charge in [-0.05, 0) is 36.7 Å². The van der Waals surface area contributed by atoms with Gasteiger partial charge < -0.3 is 15.4 Å². The van der Waals surface area contributed by atoms with E-state index in [0.29, 0.717) is 13.0 Å². The van der Waals surface area contributed by atoms with Gasteiger partial charge in [0.2, 0.25) is 5.91 Å². The van der Waals surface area contributed by atoms with E-state index in [2.05, 4.69) is 0 Å². The maximum Gasteiger partial charge on any atom is 0.227 e. The van der Waals surface area contributed by atoms with E-state index in [1.165, 1.54) is 0 Å². The average molecular weight is 220 g/mol. The summed E-state index contributed by atoms with van der Waals surface area (Å²) in [6.45, 7) is 1.29. The van der Waals surface area contributed by atoms with Crippen molar-refractivity contribution in [2.24, 2.45) is 11.7 Å².